The minimum Gasteiger partial charge on any atom is -0.372 e. The first-order chi connectivity index (χ1) is 15.1. The lowest BCUT2D eigenvalue weighted by Gasteiger charge is -2.32. The third-order valence-corrected chi connectivity index (χ3v) is 6.27. The molecule has 2 amide bonds. The summed E-state index contributed by atoms with van der Waals surface area (Å²) in [7, 11) is 0. The lowest BCUT2D eigenvalue weighted by Crippen LogP contribution is -2.48. The van der Waals surface area contributed by atoms with E-state index in [-0.39, 0.29) is 11.8 Å². The van der Waals surface area contributed by atoms with Gasteiger partial charge in [0.05, 0.1) is 0 Å². The van der Waals surface area contributed by atoms with Crippen LogP contribution in [0, 0.1) is 5.92 Å². The van der Waals surface area contributed by atoms with Crippen LogP contribution in [0.1, 0.15) is 44.6 Å². The first-order valence-corrected chi connectivity index (χ1v) is 11.3. The Balaban J connectivity index is 1.26. The van der Waals surface area contributed by atoms with Crippen LogP contribution < -0.4 is 20.9 Å². The number of rotatable bonds is 6. The molecule has 6 heteroatoms. The van der Waals surface area contributed by atoms with E-state index >= 15 is 0 Å². The van der Waals surface area contributed by atoms with E-state index in [1.165, 1.54) is 18.5 Å². The topological polar surface area (TPSA) is 73.5 Å². The van der Waals surface area contributed by atoms with Crippen molar-refractivity contribution in [2.75, 3.05) is 23.3 Å². The number of carbonyl (C=O) groups excluding carboxylic acids is 2. The molecule has 0 spiro atoms. The van der Waals surface area contributed by atoms with E-state index in [2.05, 4.69) is 52.0 Å². The maximum absolute atomic E-state index is 12.2. The SMILES string of the molecule is CC1CCN(c2ccc(Nc3ccc(CNC(=O)[C@@H]4CCCC(=O)N4)cc3)cc2)CC1. The van der Waals surface area contributed by atoms with Gasteiger partial charge in [-0.2, -0.15) is 0 Å². The molecule has 1 atom stereocenters. The molecule has 2 aliphatic heterocycles. The fraction of sp³-hybridized carbons (Fsp3) is 0.440. The lowest BCUT2D eigenvalue weighted by molar-refractivity contribution is -0.131. The van der Waals surface area contributed by atoms with Crippen molar-refractivity contribution in [3.05, 3.63) is 54.1 Å². The molecule has 2 aromatic rings. The largest absolute Gasteiger partial charge is 0.372 e. The fourth-order valence-corrected chi connectivity index (χ4v) is 4.21. The van der Waals surface area contributed by atoms with Gasteiger partial charge in [-0.15, -0.1) is 0 Å². The van der Waals surface area contributed by atoms with E-state index in [4.69, 9.17) is 0 Å². The van der Waals surface area contributed by atoms with Gasteiger partial charge in [-0.25, -0.2) is 0 Å². The molecule has 0 unspecified atom stereocenters. The molecule has 0 aromatic heterocycles. The molecule has 0 aliphatic carbocycles. The molecule has 2 saturated heterocycles. The van der Waals surface area contributed by atoms with Gasteiger partial charge in [0.1, 0.15) is 6.04 Å². The monoisotopic (exact) mass is 420 g/mol. The number of benzene rings is 2. The summed E-state index contributed by atoms with van der Waals surface area (Å²) in [4.78, 5) is 26.2. The highest BCUT2D eigenvalue weighted by atomic mass is 16.2. The van der Waals surface area contributed by atoms with Crippen molar-refractivity contribution in [2.24, 2.45) is 5.92 Å². The van der Waals surface area contributed by atoms with Crippen LogP contribution in [0.4, 0.5) is 17.1 Å². The molecule has 6 nitrogen and oxygen atoms in total. The van der Waals surface area contributed by atoms with Crippen molar-refractivity contribution in [3.63, 3.8) is 0 Å². The zero-order valence-electron chi connectivity index (χ0n) is 18.2. The van der Waals surface area contributed by atoms with Crippen molar-refractivity contribution in [1.82, 2.24) is 10.6 Å². The van der Waals surface area contributed by atoms with Gasteiger partial charge in [-0.05, 0) is 73.6 Å². The summed E-state index contributed by atoms with van der Waals surface area (Å²) in [6, 6.07) is 16.3. The van der Waals surface area contributed by atoms with E-state index in [0.29, 0.717) is 19.4 Å². The molecule has 0 bridgehead atoms. The number of hydrogen-bond donors (Lipinski definition) is 3. The Morgan fingerprint density at radius 3 is 2.29 bits per heavy atom. The number of nitrogens with zero attached hydrogens (tertiary/aromatic N) is 1. The van der Waals surface area contributed by atoms with Crippen LogP contribution in [0.2, 0.25) is 0 Å². The van der Waals surface area contributed by atoms with Crippen LogP contribution in [0.5, 0.6) is 0 Å². The smallest absolute Gasteiger partial charge is 0.242 e. The van der Waals surface area contributed by atoms with Gasteiger partial charge in [0.25, 0.3) is 0 Å². The predicted molar refractivity (Wildman–Crippen MR) is 124 cm³/mol. The Labute approximate surface area is 184 Å². The Morgan fingerprint density at radius 1 is 1.00 bits per heavy atom. The van der Waals surface area contributed by atoms with E-state index < -0.39 is 6.04 Å². The summed E-state index contributed by atoms with van der Waals surface area (Å²) in [5.74, 6) is 0.681. The van der Waals surface area contributed by atoms with Crippen molar-refractivity contribution in [2.45, 2.75) is 51.6 Å². The lowest BCUT2D eigenvalue weighted by atomic mass is 9.99. The van der Waals surface area contributed by atoms with Gasteiger partial charge in [-0.1, -0.05) is 19.1 Å². The van der Waals surface area contributed by atoms with E-state index in [9.17, 15) is 9.59 Å². The summed E-state index contributed by atoms with van der Waals surface area (Å²) >= 11 is 0. The summed E-state index contributed by atoms with van der Waals surface area (Å²) in [6.45, 7) is 5.06. The average molecular weight is 421 g/mol. The van der Waals surface area contributed by atoms with Gasteiger partial charge in [0.2, 0.25) is 11.8 Å². The quantitative estimate of drug-likeness (QED) is 0.662. The maximum Gasteiger partial charge on any atom is 0.242 e. The second-order valence-corrected chi connectivity index (χ2v) is 8.77. The van der Waals surface area contributed by atoms with Gasteiger partial charge in [0, 0.05) is 43.1 Å². The van der Waals surface area contributed by atoms with Crippen LogP contribution in [0.25, 0.3) is 0 Å². The van der Waals surface area contributed by atoms with Crippen LogP contribution in [0.3, 0.4) is 0 Å². The highest BCUT2D eigenvalue weighted by Gasteiger charge is 2.24. The molecule has 0 saturated carbocycles. The summed E-state index contributed by atoms with van der Waals surface area (Å²) in [5, 5.41) is 9.11. The Bertz CT molecular complexity index is 887. The highest BCUT2D eigenvalue weighted by Crippen LogP contribution is 2.25. The third kappa shape index (κ3) is 5.78. The van der Waals surface area contributed by atoms with Crippen LogP contribution in [-0.4, -0.2) is 30.9 Å². The van der Waals surface area contributed by atoms with Gasteiger partial charge in [0.15, 0.2) is 0 Å². The molecule has 2 heterocycles. The Morgan fingerprint density at radius 2 is 1.65 bits per heavy atom. The van der Waals surface area contributed by atoms with Crippen LogP contribution >= 0.6 is 0 Å². The number of anilines is 3. The fourth-order valence-electron chi connectivity index (χ4n) is 4.21. The van der Waals surface area contributed by atoms with E-state index in [1.807, 2.05) is 24.3 Å². The number of hydrogen-bond acceptors (Lipinski definition) is 4. The normalized spacial score (nSPS) is 19.6. The maximum atomic E-state index is 12.2. The second kappa shape index (κ2) is 9.86. The standard InChI is InChI=1S/C25H32N4O2/c1-18-13-15-29(16-14-18)22-11-9-21(10-12-22)27-20-7-5-19(6-8-20)17-26-25(31)23-3-2-4-24(30)28-23/h5-12,18,23,27H,2-4,13-17H2,1H3,(H,26,31)(H,28,30)/t23-/m0/s1. The number of amides is 2. The molecule has 2 aliphatic rings. The van der Waals surface area contributed by atoms with Crippen molar-refractivity contribution < 1.29 is 9.59 Å². The Kier molecular flexibility index (Phi) is 6.75. The molecule has 0 radical (unpaired) electrons. The minimum atomic E-state index is -0.404. The van der Waals surface area contributed by atoms with Gasteiger partial charge < -0.3 is 20.9 Å². The second-order valence-electron chi connectivity index (χ2n) is 8.77. The van der Waals surface area contributed by atoms with Gasteiger partial charge in [-0.3, -0.25) is 9.59 Å². The molecule has 4 rings (SSSR count). The summed E-state index contributed by atoms with van der Waals surface area (Å²) in [5.41, 5.74) is 4.38. The first kappa shape index (κ1) is 21.2. The zero-order valence-corrected chi connectivity index (χ0v) is 18.2. The third-order valence-electron chi connectivity index (χ3n) is 6.27. The first-order valence-electron chi connectivity index (χ1n) is 11.3. The molecular formula is C25H32N4O2. The average Bonchev–Trinajstić information content (AvgIpc) is 2.79. The Hall–Kier alpha value is -3.02. The summed E-state index contributed by atoms with van der Waals surface area (Å²) < 4.78 is 0. The number of piperidine rings is 2. The van der Waals surface area contributed by atoms with Crippen LogP contribution in [0.15, 0.2) is 48.5 Å². The minimum absolute atomic E-state index is 0.0413. The molecular weight excluding hydrogens is 388 g/mol. The predicted octanol–water partition coefficient (Wildman–Crippen LogP) is 3.95. The van der Waals surface area contributed by atoms with Crippen molar-refractivity contribution in [3.8, 4) is 0 Å². The molecule has 2 aromatic carbocycles. The number of nitrogens with one attached hydrogen (secondary N) is 3. The van der Waals surface area contributed by atoms with E-state index in [0.717, 1.165) is 42.4 Å². The highest BCUT2D eigenvalue weighted by molar-refractivity contribution is 5.88. The van der Waals surface area contributed by atoms with Gasteiger partial charge >= 0.3 is 0 Å². The molecule has 164 valence electrons. The molecule has 31 heavy (non-hydrogen) atoms. The summed E-state index contributed by atoms with van der Waals surface area (Å²) in [6.07, 6.45) is 4.52. The van der Waals surface area contributed by atoms with Crippen molar-refractivity contribution >= 4 is 28.9 Å². The number of carbonyl (C=O) groups is 2. The molecule has 3 N–H and O–H groups in total. The zero-order chi connectivity index (χ0) is 21.6. The van der Waals surface area contributed by atoms with Crippen molar-refractivity contribution in [1.29, 1.82) is 0 Å². The van der Waals surface area contributed by atoms with E-state index in [1.54, 1.807) is 0 Å². The molecule has 2 fully saturated rings. The van der Waals surface area contributed by atoms with Crippen LogP contribution in [-0.2, 0) is 16.1 Å².